The number of likely N-dealkylation sites (tertiary alicyclic amines) is 1. The van der Waals surface area contributed by atoms with Gasteiger partial charge in [0.25, 0.3) is 5.69 Å². The van der Waals surface area contributed by atoms with Crippen molar-refractivity contribution in [3.05, 3.63) is 88.4 Å². The molecule has 0 amide bonds. The molecule has 3 heterocycles. The summed E-state index contributed by atoms with van der Waals surface area (Å²) >= 11 is 6.54. The van der Waals surface area contributed by atoms with Crippen molar-refractivity contribution >= 4 is 22.5 Å². The molecule has 1 aliphatic heterocycles. The van der Waals surface area contributed by atoms with Crippen molar-refractivity contribution < 1.29 is 13.5 Å². The maximum atomic E-state index is 14.8. The lowest BCUT2D eigenvalue weighted by Crippen LogP contribution is -2.31. The zero-order valence-electron chi connectivity index (χ0n) is 18.1. The molecular formula is C26H22ClF2N3O. The third kappa shape index (κ3) is 3.94. The average Bonchev–Trinajstić information content (AvgIpc) is 2.80. The van der Waals surface area contributed by atoms with Crippen LogP contribution in [-0.4, -0.2) is 30.0 Å². The number of fused-ring (bicyclic) bond motifs is 1. The highest BCUT2D eigenvalue weighted by Gasteiger charge is 2.28. The van der Waals surface area contributed by atoms with E-state index in [4.69, 9.17) is 16.6 Å². The summed E-state index contributed by atoms with van der Waals surface area (Å²) in [4.78, 5) is 7.11. The van der Waals surface area contributed by atoms with Gasteiger partial charge in [0.2, 0.25) is 0 Å². The van der Waals surface area contributed by atoms with E-state index < -0.39 is 11.6 Å². The third-order valence-electron chi connectivity index (χ3n) is 6.40. The Labute approximate surface area is 195 Å². The van der Waals surface area contributed by atoms with Crippen molar-refractivity contribution in [2.45, 2.75) is 18.8 Å². The zero-order chi connectivity index (χ0) is 23.1. The summed E-state index contributed by atoms with van der Waals surface area (Å²) in [6, 6.07) is 14.6. The minimum atomic E-state index is -0.808. The van der Waals surface area contributed by atoms with Gasteiger partial charge in [-0.05, 0) is 62.8 Å². The van der Waals surface area contributed by atoms with Crippen LogP contribution in [0.25, 0.3) is 33.3 Å². The highest BCUT2D eigenvalue weighted by atomic mass is 35.5. The average molecular weight is 466 g/mol. The Bertz CT molecular complexity index is 1330. The number of benzene rings is 2. The largest absolute Gasteiger partial charge is 0.618 e. The number of rotatable bonds is 3. The Hall–Kier alpha value is -3.09. The quantitative estimate of drug-likeness (QED) is 0.277. The molecule has 1 fully saturated rings. The second kappa shape index (κ2) is 8.69. The molecule has 1 aliphatic rings. The number of pyridine rings is 2. The first-order valence-corrected chi connectivity index (χ1v) is 11.3. The molecular weight excluding hydrogens is 444 g/mol. The first-order valence-electron chi connectivity index (χ1n) is 10.9. The van der Waals surface area contributed by atoms with Gasteiger partial charge in [0, 0.05) is 33.7 Å². The lowest BCUT2D eigenvalue weighted by molar-refractivity contribution is -0.592. The lowest BCUT2D eigenvalue weighted by atomic mass is 9.90. The molecule has 0 atom stereocenters. The highest BCUT2D eigenvalue weighted by molar-refractivity contribution is 6.33. The van der Waals surface area contributed by atoms with Crippen LogP contribution >= 0.6 is 11.6 Å². The van der Waals surface area contributed by atoms with Crippen LogP contribution in [0.4, 0.5) is 8.78 Å². The van der Waals surface area contributed by atoms with Crippen LogP contribution in [-0.2, 0) is 0 Å². The summed E-state index contributed by atoms with van der Waals surface area (Å²) in [6.07, 6.45) is 3.08. The van der Waals surface area contributed by atoms with Gasteiger partial charge in [-0.2, -0.15) is 4.73 Å². The van der Waals surface area contributed by atoms with E-state index in [1.165, 1.54) is 12.3 Å². The van der Waals surface area contributed by atoms with E-state index in [9.17, 15) is 14.0 Å². The monoisotopic (exact) mass is 465 g/mol. The van der Waals surface area contributed by atoms with Crippen molar-refractivity contribution in [1.29, 1.82) is 0 Å². The van der Waals surface area contributed by atoms with E-state index in [-0.39, 0.29) is 22.7 Å². The predicted molar refractivity (Wildman–Crippen MR) is 126 cm³/mol. The van der Waals surface area contributed by atoms with Gasteiger partial charge in [0.1, 0.15) is 22.7 Å². The van der Waals surface area contributed by atoms with Crippen LogP contribution in [0.5, 0.6) is 0 Å². The van der Waals surface area contributed by atoms with Crippen LogP contribution in [0.1, 0.15) is 24.5 Å². The maximum absolute atomic E-state index is 14.8. The van der Waals surface area contributed by atoms with Crippen molar-refractivity contribution in [2.24, 2.45) is 0 Å². The van der Waals surface area contributed by atoms with Crippen LogP contribution in [0.3, 0.4) is 0 Å². The van der Waals surface area contributed by atoms with Crippen LogP contribution in [0.15, 0.2) is 60.8 Å². The van der Waals surface area contributed by atoms with Gasteiger partial charge in [-0.15, -0.1) is 0 Å². The normalized spacial score (nSPS) is 15.3. The Morgan fingerprint density at radius 3 is 2.39 bits per heavy atom. The predicted octanol–water partition coefficient (Wildman–Crippen LogP) is 5.94. The van der Waals surface area contributed by atoms with Crippen molar-refractivity contribution in [3.8, 4) is 22.4 Å². The summed E-state index contributed by atoms with van der Waals surface area (Å²) in [5.74, 6) is -1.44. The standard InChI is InChI=1S/C26H22ClF2N3O/c1-31-12-9-16(10-13-31)23-15-19(17-5-2-3-6-20(17)27)18-11-14-32(33)26(25(18)30-23)24-21(28)7-4-8-22(24)29/h2-8,11,14-16H,9-10,12-13H2,1H3. The first-order chi connectivity index (χ1) is 15.9. The van der Waals surface area contributed by atoms with Crippen LogP contribution < -0.4 is 4.73 Å². The van der Waals surface area contributed by atoms with Gasteiger partial charge in [0.05, 0.1) is 0 Å². The molecule has 1 saturated heterocycles. The van der Waals surface area contributed by atoms with Gasteiger partial charge >= 0.3 is 0 Å². The van der Waals surface area contributed by atoms with Crippen LogP contribution in [0, 0.1) is 16.8 Å². The fraction of sp³-hybridized carbons (Fsp3) is 0.231. The summed E-state index contributed by atoms with van der Waals surface area (Å²) < 4.78 is 30.1. The number of hydrogen-bond donors (Lipinski definition) is 0. The lowest BCUT2D eigenvalue weighted by Gasteiger charge is -2.29. The molecule has 2 aromatic carbocycles. The molecule has 0 saturated carbocycles. The second-order valence-corrected chi connectivity index (χ2v) is 8.91. The Morgan fingerprint density at radius 1 is 1.00 bits per heavy atom. The molecule has 0 spiro atoms. The molecule has 0 radical (unpaired) electrons. The van der Waals surface area contributed by atoms with E-state index in [2.05, 4.69) is 11.9 Å². The summed E-state index contributed by atoms with van der Waals surface area (Å²) in [5, 5.41) is 14.1. The number of aromatic nitrogens is 2. The number of halogens is 3. The molecule has 7 heteroatoms. The molecule has 168 valence electrons. The van der Waals surface area contributed by atoms with E-state index in [1.807, 2.05) is 24.3 Å². The highest BCUT2D eigenvalue weighted by Crippen LogP contribution is 2.39. The summed E-state index contributed by atoms with van der Waals surface area (Å²) in [6.45, 7) is 1.86. The minimum Gasteiger partial charge on any atom is -0.618 e. The Morgan fingerprint density at radius 2 is 1.70 bits per heavy atom. The zero-order valence-corrected chi connectivity index (χ0v) is 18.8. The SMILES string of the molecule is CN1CCC(c2cc(-c3ccccc3Cl)c3cc[n+]([O-])c(-c4c(F)cccc4F)c3n2)CC1. The smallest absolute Gasteiger partial charge is 0.256 e. The molecule has 4 nitrogen and oxygen atoms in total. The maximum Gasteiger partial charge on any atom is 0.256 e. The molecule has 33 heavy (non-hydrogen) atoms. The molecule has 4 aromatic rings. The summed E-state index contributed by atoms with van der Waals surface area (Å²) in [5.41, 5.74) is 2.13. The molecule has 0 unspecified atom stereocenters. The van der Waals surface area contributed by atoms with E-state index in [1.54, 1.807) is 12.1 Å². The number of piperidine rings is 1. The van der Waals surface area contributed by atoms with Gasteiger partial charge in [-0.1, -0.05) is 35.9 Å². The number of nitrogens with zero attached hydrogens (tertiary/aromatic N) is 3. The fourth-order valence-electron chi connectivity index (χ4n) is 4.61. The second-order valence-electron chi connectivity index (χ2n) is 8.50. The first kappa shape index (κ1) is 21.7. The Kier molecular flexibility index (Phi) is 5.72. The molecule has 0 aliphatic carbocycles. The third-order valence-corrected chi connectivity index (χ3v) is 6.73. The molecule has 0 N–H and O–H groups in total. The van der Waals surface area contributed by atoms with Gasteiger partial charge in [-0.25, -0.2) is 13.8 Å². The van der Waals surface area contributed by atoms with Gasteiger partial charge in [0.15, 0.2) is 6.20 Å². The van der Waals surface area contributed by atoms with Crippen molar-refractivity contribution in [2.75, 3.05) is 20.1 Å². The Balaban J connectivity index is 1.84. The van der Waals surface area contributed by atoms with Crippen molar-refractivity contribution in [1.82, 2.24) is 9.88 Å². The fourth-order valence-corrected chi connectivity index (χ4v) is 4.85. The number of hydrogen-bond acceptors (Lipinski definition) is 3. The summed E-state index contributed by atoms with van der Waals surface area (Å²) in [7, 11) is 2.08. The van der Waals surface area contributed by atoms with E-state index in [0.29, 0.717) is 15.1 Å². The van der Waals surface area contributed by atoms with Gasteiger partial charge in [-0.3, -0.25) is 0 Å². The van der Waals surface area contributed by atoms with E-state index >= 15 is 0 Å². The molecule has 0 bridgehead atoms. The van der Waals surface area contributed by atoms with E-state index in [0.717, 1.165) is 54.9 Å². The molecule has 5 rings (SSSR count). The van der Waals surface area contributed by atoms with Crippen LogP contribution in [0.2, 0.25) is 5.02 Å². The van der Waals surface area contributed by atoms with Crippen molar-refractivity contribution in [3.63, 3.8) is 0 Å². The minimum absolute atomic E-state index is 0.133. The van der Waals surface area contributed by atoms with Gasteiger partial charge < -0.3 is 10.1 Å². The topological polar surface area (TPSA) is 43.1 Å². The molecule has 2 aromatic heterocycles.